The summed E-state index contributed by atoms with van der Waals surface area (Å²) in [6.45, 7) is 1.65. The smallest absolute Gasteiger partial charge is 0.290 e. The molecule has 0 aliphatic carbocycles. The number of benzene rings is 1. The predicted octanol–water partition coefficient (Wildman–Crippen LogP) is 3.56. The highest BCUT2D eigenvalue weighted by Gasteiger charge is 2.32. The van der Waals surface area contributed by atoms with Crippen molar-refractivity contribution in [3.8, 4) is 0 Å². The van der Waals surface area contributed by atoms with Gasteiger partial charge in [0, 0.05) is 29.9 Å². The lowest BCUT2D eigenvalue weighted by atomic mass is 10.1. The van der Waals surface area contributed by atoms with Gasteiger partial charge in [-0.25, -0.2) is 0 Å². The van der Waals surface area contributed by atoms with E-state index in [1.807, 2.05) is 13.0 Å². The quantitative estimate of drug-likeness (QED) is 0.860. The van der Waals surface area contributed by atoms with Crippen LogP contribution < -0.4 is 5.73 Å². The SMILES string of the molecule is CCC(N)Cc1cccn1CC(F)(F)c1ccccc1. The maximum Gasteiger partial charge on any atom is 0.290 e. The van der Waals surface area contributed by atoms with E-state index in [9.17, 15) is 8.78 Å². The Hall–Kier alpha value is -1.68. The van der Waals surface area contributed by atoms with Crippen molar-refractivity contribution in [1.82, 2.24) is 4.57 Å². The van der Waals surface area contributed by atoms with Crippen LogP contribution in [0.2, 0.25) is 0 Å². The summed E-state index contributed by atoms with van der Waals surface area (Å²) >= 11 is 0. The van der Waals surface area contributed by atoms with Gasteiger partial charge in [0.15, 0.2) is 0 Å². The topological polar surface area (TPSA) is 30.9 Å². The number of nitrogens with two attached hydrogens (primary N) is 1. The second kappa shape index (κ2) is 6.18. The number of hydrogen-bond acceptors (Lipinski definition) is 1. The number of nitrogens with zero attached hydrogens (tertiary/aromatic N) is 1. The summed E-state index contributed by atoms with van der Waals surface area (Å²) in [4.78, 5) is 0. The molecule has 0 fully saturated rings. The minimum absolute atomic E-state index is 0.00833. The average Bonchev–Trinajstić information content (AvgIpc) is 2.86. The van der Waals surface area contributed by atoms with Crippen molar-refractivity contribution in [3.63, 3.8) is 0 Å². The van der Waals surface area contributed by atoms with Crippen LogP contribution in [0.3, 0.4) is 0 Å². The molecule has 0 bridgehead atoms. The molecule has 108 valence electrons. The highest BCUT2D eigenvalue weighted by atomic mass is 19.3. The lowest BCUT2D eigenvalue weighted by molar-refractivity contribution is -0.0228. The van der Waals surface area contributed by atoms with Gasteiger partial charge in [-0.15, -0.1) is 0 Å². The Labute approximate surface area is 118 Å². The van der Waals surface area contributed by atoms with Crippen LogP contribution in [0, 0.1) is 0 Å². The van der Waals surface area contributed by atoms with Crippen molar-refractivity contribution in [2.45, 2.75) is 38.3 Å². The van der Waals surface area contributed by atoms with Gasteiger partial charge in [-0.3, -0.25) is 0 Å². The molecule has 2 rings (SSSR count). The molecule has 1 atom stereocenters. The second-order valence-electron chi connectivity index (χ2n) is 5.07. The third-order valence-electron chi connectivity index (χ3n) is 3.48. The first-order valence-electron chi connectivity index (χ1n) is 6.86. The molecule has 1 aromatic heterocycles. The summed E-state index contributed by atoms with van der Waals surface area (Å²) in [6.07, 6.45) is 3.14. The van der Waals surface area contributed by atoms with Gasteiger partial charge in [0.2, 0.25) is 0 Å². The first-order valence-corrected chi connectivity index (χ1v) is 6.86. The lowest BCUT2D eigenvalue weighted by Crippen LogP contribution is -2.26. The fraction of sp³-hybridized carbons (Fsp3) is 0.375. The Kier molecular flexibility index (Phi) is 4.55. The van der Waals surface area contributed by atoms with E-state index in [1.165, 1.54) is 12.1 Å². The molecule has 0 spiro atoms. The largest absolute Gasteiger partial charge is 0.345 e. The van der Waals surface area contributed by atoms with Crippen LogP contribution in [0.1, 0.15) is 24.6 Å². The normalized spacial score (nSPS) is 13.4. The van der Waals surface area contributed by atoms with E-state index in [2.05, 4.69) is 0 Å². The van der Waals surface area contributed by atoms with Crippen LogP contribution in [0.4, 0.5) is 8.78 Å². The molecule has 2 aromatic rings. The molecule has 1 aromatic carbocycles. The Morgan fingerprint density at radius 1 is 1.15 bits per heavy atom. The van der Waals surface area contributed by atoms with E-state index >= 15 is 0 Å². The standard InChI is InChI=1S/C16H20F2N2/c1-2-14(19)11-15-9-6-10-20(15)12-16(17,18)13-7-4-3-5-8-13/h3-10,14H,2,11-12,19H2,1H3. The van der Waals surface area contributed by atoms with E-state index in [0.717, 1.165) is 12.1 Å². The summed E-state index contributed by atoms with van der Waals surface area (Å²) in [6, 6.07) is 11.6. The Morgan fingerprint density at radius 3 is 2.50 bits per heavy atom. The van der Waals surface area contributed by atoms with Crippen LogP contribution in [-0.4, -0.2) is 10.6 Å². The maximum atomic E-state index is 14.3. The number of alkyl halides is 2. The molecule has 0 aliphatic heterocycles. The molecular formula is C16H20F2N2. The van der Waals surface area contributed by atoms with Crippen LogP contribution in [0.15, 0.2) is 48.7 Å². The number of rotatable bonds is 6. The van der Waals surface area contributed by atoms with Crippen LogP contribution >= 0.6 is 0 Å². The second-order valence-corrected chi connectivity index (χ2v) is 5.07. The Balaban J connectivity index is 2.16. The number of hydrogen-bond donors (Lipinski definition) is 1. The molecular weight excluding hydrogens is 258 g/mol. The fourth-order valence-electron chi connectivity index (χ4n) is 2.19. The van der Waals surface area contributed by atoms with Gasteiger partial charge < -0.3 is 10.3 Å². The highest BCUT2D eigenvalue weighted by Crippen LogP contribution is 2.30. The molecule has 0 saturated carbocycles. The monoisotopic (exact) mass is 278 g/mol. The van der Waals surface area contributed by atoms with E-state index in [0.29, 0.717) is 6.42 Å². The molecule has 4 heteroatoms. The third-order valence-corrected chi connectivity index (χ3v) is 3.48. The maximum absolute atomic E-state index is 14.3. The molecule has 1 unspecified atom stereocenters. The molecule has 2 N–H and O–H groups in total. The summed E-state index contributed by atoms with van der Waals surface area (Å²) in [7, 11) is 0. The zero-order chi connectivity index (χ0) is 14.6. The van der Waals surface area contributed by atoms with E-state index in [4.69, 9.17) is 5.73 Å². The highest BCUT2D eigenvalue weighted by molar-refractivity contribution is 5.20. The van der Waals surface area contributed by atoms with Crippen molar-refractivity contribution in [1.29, 1.82) is 0 Å². The zero-order valence-electron chi connectivity index (χ0n) is 11.6. The van der Waals surface area contributed by atoms with E-state index < -0.39 is 5.92 Å². The third kappa shape index (κ3) is 3.45. The van der Waals surface area contributed by atoms with Crippen molar-refractivity contribution < 1.29 is 8.78 Å². The number of aromatic nitrogens is 1. The van der Waals surface area contributed by atoms with Crippen molar-refractivity contribution in [3.05, 3.63) is 59.9 Å². The van der Waals surface area contributed by atoms with Crippen LogP contribution in [0.5, 0.6) is 0 Å². The summed E-state index contributed by atoms with van der Waals surface area (Å²) in [5, 5.41) is 0. The molecule has 20 heavy (non-hydrogen) atoms. The summed E-state index contributed by atoms with van der Waals surface area (Å²) in [5.41, 5.74) is 6.80. The van der Waals surface area contributed by atoms with Gasteiger partial charge in [0.05, 0.1) is 6.54 Å². The molecule has 0 saturated heterocycles. The fourth-order valence-corrected chi connectivity index (χ4v) is 2.19. The van der Waals surface area contributed by atoms with Gasteiger partial charge in [-0.05, 0) is 18.6 Å². The Bertz CT molecular complexity index is 534. The summed E-state index contributed by atoms with van der Waals surface area (Å²) in [5.74, 6) is -2.88. The molecule has 2 nitrogen and oxygen atoms in total. The van der Waals surface area contributed by atoms with Gasteiger partial charge in [0.1, 0.15) is 0 Å². The van der Waals surface area contributed by atoms with Crippen LogP contribution in [-0.2, 0) is 18.9 Å². The van der Waals surface area contributed by atoms with E-state index in [1.54, 1.807) is 35.0 Å². The first-order chi connectivity index (χ1) is 9.53. The van der Waals surface area contributed by atoms with Gasteiger partial charge in [-0.2, -0.15) is 8.78 Å². The van der Waals surface area contributed by atoms with Gasteiger partial charge >= 0.3 is 0 Å². The van der Waals surface area contributed by atoms with Gasteiger partial charge in [-0.1, -0.05) is 37.3 Å². The Morgan fingerprint density at radius 2 is 1.85 bits per heavy atom. The molecule has 0 amide bonds. The molecule has 1 heterocycles. The van der Waals surface area contributed by atoms with Crippen molar-refractivity contribution >= 4 is 0 Å². The first kappa shape index (κ1) is 14.7. The van der Waals surface area contributed by atoms with Gasteiger partial charge in [0.25, 0.3) is 5.92 Å². The van der Waals surface area contributed by atoms with Crippen molar-refractivity contribution in [2.75, 3.05) is 0 Å². The minimum atomic E-state index is -2.88. The zero-order valence-corrected chi connectivity index (χ0v) is 11.6. The minimum Gasteiger partial charge on any atom is -0.345 e. The summed E-state index contributed by atoms with van der Waals surface area (Å²) < 4.78 is 30.1. The molecule has 0 radical (unpaired) electrons. The average molecular weight is 278 g/mol. The van der Waals surface area contributed by atoms with Crippen LogP contribution in [0.25, 0.3) is 0 Å². The number of halogens is 2. The lowest BCUT2D eigenvalue weighted by Gasteiger charge is -2.20. The van der Waals surface area contributed by atoms with E-state index in [-0.39, 0.29) is 18.2 Å². The van der Waals surface area contributed by atoms with Crippen molar-refractivity contribution in [2.24, 2.45) is 5.73 Å². The predicted molar refractivity (Wildman–Crippen MR) is 76.7 cm³/mol. The molecule has 0 aliphatic rings.